The Hall–Kier alpha value is -1.35. The Bertz CT molecular complexity index is 573. The highest BCUT2D eigenvalue weighted by Crippen LogP contribution is 2.29. The van der Waals surface area contributed by atoms with E-state index in [0.717, 1.165) is 36.2 Å². The largest absolute Gasteiger partial charge is 0.434 e. The summed E-state index contributed by atoms with van der Waals surface area (Å²) in [4.78, 5) is 10.3. The van der Waals surface area contributed by atoms with Crippen molar-refractivity contribution in [1.29, 1.82) is 0 Å². The van der Waals surface area contributed by atoms with Gasteiger partial charge in [0.25, 0.3) is 0 Å². The molecule has 148 valence electrons. The fraction of sp³-hybridized carbons (Fsp3) is 0.765. The Labute approximate surface area is 157 Å². The van der Waals surface area contributed by atoms with Gasteiger partial charge in [-0.15, -0.1) is 11.3 Å². The molecule has 1 unspecified atom stereocenters. The second-order valence-electron chi connectivity index (χ2n) is 6.53. The molecule has 9 heteroatoms. The molecule has 26 heavy (non-hydrogen) atoms. The molecular weight excluding hydrogens is 363 g/mol. The Kier molecular flexibility index (Phi) is 8.15. The standard InChI is InChI=1S/C17H28F3N5S/c1-13-6-3-4-10-25(13)11-5-8-22-16(21-2)23-9-7-15-24-14(12-26-15)17(18,19)20/h12-13H,3-11H2,1-2H3,(H2,21,22,23). The highest BCUT2D eigenvalue weighted by Gasteiger charge is 2.33. The second-order valence-corrected chi connectivity index (χ2v) is 7.48. The summed E-state index contributed by atoms with van der Waals surface area (Å²) < 4.78 is 37.6. The third-order valence-corrected chi connectivity index (χ3v) is 5.46. The Morgan fingerprint density at radius 3 is 2.77 bits per heavy atom. The minimum atomic E-state index is -4.37. The molecule has 1 saturated heterocycles. The minimum Gasteiger partial charge on any atom is -0.356 e. The van der Waals surface area contributed by atoms with Crippen molar-refractivity contribution in [1.82, 2.24) is 20.5 Å². The average Bonchev–Trinajstić information content (AvgIpc) is 3.07. The molecule has 1 aliphatic rings. The number of piperidine rings is 1. The van der Waals surface area contributed by atoms with Crippen LogP contribution in [-0.4, -0.2) is 55.1 Å². The number of halogens is 3. The number of likely N-dealkylation sites (tertiary alicyclic amines) is 1. The Morgan fingerprint density at radius 1 is 1.35 bits per heavy atom. The molecule has 0 amide bonds. The first-order valence-electron chi connectivity index (χ1n) is 9.10. The summed E-state index contributed by atoms with van der Waals surface area (Å²) in [7, 11) is 1.69. The van der Waals surface area contributed by atoms with Crippen LogP contribution in [0.1, 0.15) is 43.3 Å². The zero-order valence-corrected chi connectivity index (χ0v) is 16.2. The van der Waals surface area contributed by atoms with Crippen LogP contribution in [0.3, 0.4) is 0 Å². The van der Waals surface area contributed by atoms with Crippen LogP contribution in [0.4, 0.5) is 13.2 Å². The molecule has 2 rings (SSSR count). The van der Waals surface area contributed by atoms with Gasteiger partial charge in [-0.2, -0.15) is 13.2 Å². The van der Waals surface area contributed by atoms with Crippen molar-refractivity contribution in [2.45, 2.75) is 51.2 Å². The molecule has 0 bridgehead atoms. The van der Waals surface area contributed by atoms with Crippen molar-refractivity contribution in [2.24, 2.45) is 4.99 Å². The van der Waals surface area contributed by atoms with E-state index in [1.54, 1.807) is 7.05 Å². The average molecular weight is 392 g/mol. The monoisotopic (exact) mass is 391 g/mol. The van der Waals surface area contributed by atoms with Gasteiger partial charge in [0, 0.05) is 44.5 Å². The summed E-state index contributed by atoms with van der Waals surface area (Å²) in [5.41, 5.74) is -0.813. The van der Waals surface area contributed by atoms with Crippen molar-refractivity contribution in [2.75, 3.05) is 33.2 Å². The number of nitrogens with one attached hydrogen (secondary N) is 2. The van der Waals surface area contributed by atoms with Gasteiger partial charge < -0.3 is 15.5 Å². The van der Waals surface area contributed by atoms with E-state index in [0.29, 0.717) is 30.0 Å². The molecule has 0 aromatic carbocycles. The number of aliphatic imine (C=N–C) groups is 1. The lowest BCUT2D eigenvalue weighted by molar-refractivity contribution is -0.140. The topological polar surface area (TPSA) is 52.6 Å². The maximum atomic E-state index is 12.5. The van der Waals surface area contributed by atoms with Crippen molar-refractivity contribution < 1.29 is 13.2 Å². The molecule has 0 saturated carbocycles. The van der Waals surface area contributed by atoms with Crippen LogP contribution < -0.4 is 10.6 Å². The summed E-state index contributed by atoms with van der Waals surface area (Å²) in [6.07, 6.45) is 0.998. The quantitative estimate of drug-likeness (QED) is 0.426. The summed E-state index contributed by atoms with van der Waals surface area (Å²) in [6.45, 7) is 5.86. The van der Waals surface area contributed by atoms with E-state index < -0.39 is 11.9 Å². The predicted octanol–water partition coefficient (Wildman–Crippen LogP) is 3.13. The minimum absolute atomic E-state index is 0.437. The van der Waals surface area contributed by atoms with Crippen LogP contribution in [0, 0.1) is 0 Å². The van der Waals surface area contributed by atoms with Crippen molar-refractivity contribution >= 4 is 17.3 Å². The van der Waals surface area contributed by atoms with Gasteiger partial charge in [-0.3, -0.25) is 4.99 Å². The van der Waals surface area contributed by atoms with Gasteiger partial charge in [-0.25, -0.2) is 4.98 Å². The third-order valence-electron chi connectivity index (χ3n) is 4.55. The number of hydrogen-bond donors (Lipinski definition) is 2. The number of guanidine groups is 1. The molecular formula is C17H28F3N5S. The molecule has 0 spiro atoms. The van der Waals surface area contributed by atoms with Gasteiger partial charge in [-0.1, -0.05) is 6.42 Å². The predicted molar refractivity (Wildman–Crippen MR) is 99.7 cm³/mol. The van der Waals surface area contributed by atoms with E-state index in [4.69, 9.17) is 0 Å². The van der Waals surface area contributed by atoms with Crippen LogP contribution in [0.25, 0.3) is 0 Å². The number of aromatic nitrogens is 1. The van der Waals surface area contributed by atoms with Crippen molar-refractivity contribution in [3.63, 3.8) is 0 Å². The second kappa shape index (κ2) is 10.1. The van der Waals surface area contributed by atoms with Gasteiger partial charge in [0.05, 0.1) is 5.01 Å². The van der Waals surface area contributed by atoms with E-state index in [1.807, 2.05) is 0 Å². The first-order valence-corrected chi connectivity index (χ1v) is 9.98. The number of rotatable bonds is 7. The van der Waals surface area contributed by atoms with Crippen LogP contribution in [0.2, 0.25) is 0 Å². The van der Waals surface area contributed by atoms with Crippen LogP contribution >= 0.6 is 11.3 Å². The van der Waals surface area contributed by atoms with Crippen molar-refractivity contribution in [3.05, 3.63) is 16.1 Å². The molecule has 1 aliphatic heterocycles. The maximum absolute atomic E-state index is 12.5. The SMILES string of the molecule is CN=C(NCCCN1CCCCC1C)NCCc1nc(C(F)(F)F)cs1. The normalized spacial score (nSPS) is 19.6. The Morgan fingerprint density at radius 2 is 2.12 bits per heavy atom. The molecule has 0 radical (unpaired) electrons. The smallest absolute Gasteiger partial charge is 0.356 e. The summed E-state index contributed by atoms with van der Waals surface area (Å²) in [6, 6.07) is 0.668. The summed E-state index contributed by atoms with van der Waals surface area (Å²) in [5, 5.41) is 7.91. The molecule has 2 heterocycles. The van der Waals surface area contributed by atoms with E-state index in [2.05, 4.69) is 32.4 Å². The number of hydrogen-bond acceptors (Lipinski definition) is 4. The lowest BCUT2D eigenvalue weighted by Crippen LogP contribution is -2.41. The molecule has 1 aromatic rings. The summed E-state index contributed by atoms with van der Waals surface area (Å²) in [5.74, 6) is 0.671. The van der Waals surface area contributed by atoms with Crippen LogP contribution in [-0.2, 0) is 12.6 Å². The van der Waals surface area contributed by atoms with E-state index in [1.165, 1.54) is 25.8 Å². The van der Waals surface area contributed by atoms with E-state index >= 15 is 0 Å². The number of nitrogens with zero attached hydrogens (tertiary/aromatic N) is 3. The molecule has 1 fully saturated rings. The molecule has 2 N–H and O–H groups in total. The van der Waals surface area contributed by atoms with Crippen LogP contribution in [0.15, 0.2) is 10.4 Å². The maximum Gasteiger partial charge on any atom is 0.434 e. The van der Waals surface area contributed by atoms with Gasteiger partial charge in [-0.05, 0) is 32.7 Å². The fourth-order valence-corrected chi connectivity index (χ4v) is 3.85. The summed E-state index contributed by atoms with van der Waals surface area (Å²) >= 11 is 1.04. The number of thiazole rings is 1. The van der Waals surface area contributed by atoms with E-state index in [9.17, 15) is 13.2 Å². The molecule has 5 nitrogen and oxygen atoms in total. The van der Waals surface area contributed by atoms with E-state index in [-0.39, 0.29) is 0 Å². The molecule has 1 aromatic heterocycles. The van der Waals surface area contributed by atoms with Gasteiger partial charge >= 0.3 is 6.18 Å². The molecule has 0 aliphatic carbocycles. The highest BCUT2D eigenvalue weighted by atomic mass is 32.1. The first-order chi connectivity index (χ1) is 12.4. The van der Waals surface area contributed by atoms with Gasteiger partial charge in [0.2, 0.25) is 0 Å². The fourth-order valence-electron chi connectivity index (χ4n) is 3.04. The van der Waals surface area contributed by atoms with Crippen LogP contribution in [0.5, 0.6) is 0 Å². The lowest BCUT2D eigenvalue weighted by atomic mass is 10.0. The first kappa shape index (κ1) is 21.0. The third kappa shape index (κ3) is 6.75. The zero-order chi connectivity index (χ0) is 19.0. The lowest BCUT2D eigenvalue weighted by Gasteiger charge is -2.33. The molecule has 1 atom stereocenters. The van der Waals surface area contributed by atoms with Gasteiger partial charge in [0.1, 0.15) is 0 Å². The number of alkyl halides is 3. The zero-order valence-electron chi connectivity index (χ0n) is 15.4. The highest BCUT2D eigenvalue weighted by molar-refractivity contribution is 7.09. The Balaban J connectivity index is 1.62. The van der Waals surface area contributed by atoms with Crippen molar-refractivity contribution in [3.8, 4) is 0 Å². The van der Waals surface area contributed by atoms with Gasteiger partial charge in [0.15, 0.2) is 11.7 Å².